The number of amides is 2. The number of hydrogen-bond donors (Lipinski definition) is 4. The molecule has 1 saturated heterocycles. The Kier molecular flexibility index (Phi) is 4.09. The lowest BCUT2D eigenvalue weighted by Gasteiger charge is -2.27. The van der Waals surface area contributed by atoms with Gasteiger partial charge in [-0.2, -0.15) is 0 Å². The van der Waals surface area contributed by atoms with Gasteiger partial charge >= 0.3 is 0 Å². The number of phenolic OH excluding ortho intramolecular Hbond substituents is 2. The third kappa shape index (κ3) is 2.83. The quantitative estimate of drug-likeness (QED) is 0.549. The molecular weight excluding hydrogens is 262 g/mol. The number of primary amides is 1. The van der Waals surface area contributed by atoms with Crippen molar-refractivity contribution >= 4 is 11.8 Å². The molecular formula is C13H17N3O4. The van der Waals surface area contributed by atoms with E-state index in [1.807, 2.05) is 0 Å². The van der Waals surface area contributed by atoms with Crippen molar-refractivity contribution in [3.05, 3.63) is 23.8 Å². The summed E-state index contributed by atoms with van der Waals surface area (Å²) < 4.78 is 0. The molecule has 1 aromatic rings. The summed E-state index contributed by atoms with van der Waals surface area (Å²) in [5.41, 5.74) is 5.14. The zero-order chi connectivity index (χ0) is 14.7. The monoisotopic (exact) mass is 279 g/mol. The van der Waals surface area contributed by atoms with E-state index in [9.17, 15) is 19.8 Å². The molecule has 2 amide bonds. The van der Waals surface area contributed by atoms with Crippen LogP contribution in [-0.2, 0) is 4.79 Å². The van der Waals surface area contributed by atoms with E-state index in [0.29, 0.717) is 13.0 Å². The van der Waals surface area contributed by atoms with Crippen LogP contribution in [-0.4, -0.2) is 52.6 Å². The number of benzene rings is 1. The highest BCUT2D eigenvalue weighted by Crippen LogP contribution is 2.29. The predicted molar refractivity (Wildman–Crippen MR) is 71.3 cm³/mol. The molecule has 20 heavy (non-hydrogen) atoms. The fourth-order valence-corrected chi connectivity index (χ4v) is 2.30. The lowest BCUT2D eigenvalue weighted by molar-refractivity contribution is -0.119. The zero-order valence-electron chi connectivity index (χ0n) is 10.9. The number of phenols is 2. The van der Waals surface area contributed by atoms with Gasteiger partial charge in [-0.25, -0.2) is 0 Å². The zero-order valence-corrected chi connectivity index (χ0v) is 10.9. The maximum absolute atomic E-state index is 12.5. The molecule has 7 nitrogen and oxygen atoms in total. The Morgan fingerprint density at radius 1 is 1.40 bits per heavy atom. The molecule has 7 heteroatoms. The van der Waals surface area contributed by atoms with Gasteiger partial charge in [0.2, 0.25) is 5.91 Å². The maximum atomic E-state index is 12.5. The van der Waals surface area contributed by atoms with Crippen LogP contribution in [0.2, 0.25) is 0 Å². The first-order chi connectivity index (χ1) is 9.50. The number of rotatable bonds is 4. The summed E-state index contributed by atoms with van der Waals surface area (Å²) >= 11 is 0. The van der Waals surface area contributed by atoms with Crippen LogP contribution in [0.25, 0.3) is 0 Å². The fraction of sp³-hybridized carbons (Fsp3) is 0.385. The van der Waals surface area contributed by atoms with Gasteiger partial charge in [-0.05, 0) is 25.1 Å². The van der Waals surface area contributed by atoms with Gasteiger partial charge in [-0.15, -0.1) is 0 Å². The van der Waals surface area contributed by atoms with E-state index in [1.165, 1.54) is 23.1 Å². The molecule has 0 aliphatic carbocycles. The van der Waals surface area contributed by atoms with Crippen LogP contribution in [0.1, 0.15) is 16.8 Å². The summed E-state index contributed by atoms with van der Waals surface area (Å²) in [6, 6.07) is 3.98. The third-order valence-electron chi connectivity index (χ3n) is 3.31. The SMILES string of the molecule is NC(=O)CN(C(=O)c1cccc(O)c1O)C1CCNC1. The van der Waals surface area contributed by atoms with Gasteiger partial charge < -0.3 is 26.2 Å². The summed E-state index contributed by atoms with van der Waals surface area (Å²) in [5, 5.41) is 22.3. The fourth-order valence-electron chi connectivity index (χ4n) is 2.30. The van der Waals surface area contributed by atoms with Crippen molar-refractivity contribution in [2.75, 3.05) is 19.6 Å². The summed E-state index contributed by atoms with van der Waals surface area (Å²) in [7, 11) is 0. The number of nitrogens with zero attached hydrogens (tertiary/aromatic N) is 1. The Hall–Kier alpha value is -2.28. The van der Waals surface area contributed by atoms with Gasteiger partial charge in [0, 0.05) is 12.6 Å². The molecule has 0 radical (unpaired) electrons. The van der Waals surface area contributed by atoms with Crippen molar-refractivity contribution in [2.45, 2.75) is 12.5 Å². The molecule has 1 aliphatic heterocycles. The molecule has 0 bridgehead atoms. The van der Waals surface area contributed by atoms with E-state index in [2.05, 4.69) is 5.32 Å². The maximum Gasteiger partial charge on any atom is 0.258 e. The average molecular weight is 279 g/mol. The number of para-hydroxylation sites is 1. The predicted octanol–water partition coefficient (Wildman–Crippen LogP) is -0.613. The second-order valence-electron chi connectivity index (χ2n) is 4.72. The molecule has 1 fully saturated rings. The highest BCUT2D eigenvalue weighted by Gasteiger charge is 2.30. The van der Waals surface area contributed by atoms with Crippen molar-refractivity contribution < 1.29 is 19.8 Å². The van der Waals surface area contributed by atoms with Crippen LogP contribution >= 0.6 is 0 Å². The molecule has 0 aromatic heterocycles. The number of hydrogen-bond acceptors (Lipinski definition) is 5. The summed E-state index contributed by atoms with van der Waals surface area (Å²) in [5.74, 6) is -2.01. The van der Waals surface area contributed by atoms with Crippen molar-refractivity contribution in [1.82, 2.24) is 10.2 Å². The van der Waals surface area contributed by atoms with Crippen molar-refractivity contribution in [3.8, 4) is 11.5 Å². The van der Waals surface area contributed by atoms with E-state index in [4.69, 9.17) is 5.73 Å². The topological polar surface area (TPSA) is 116 Å². The Balaban J connectivity index is 2.29. The Morgan fingerprint density at radius 2 is 2.15 bits per heavy atom. The minimum absolute atomic E-state index is 0.0434. The summed E-state index contributed by atoms with van der Waals surface area (Å²) in [4.78, 5) is 24.9. The highest BCUT2D eigenvalue weighted by atomic mass is 16.3. The van der Waals surface area contributed by atoms with Crippen LogP contribution in [0.3, 0.4) is 0 Å². The van der Waals surface area contributed by atoms with E-state index < -0.39 is 17.6 Å². The first-order valence-electron chi connectivity index (χ1n) is 6.31. The van der Waals surface area contributed by atoms with Gasteiger partial charge in [0.25, 0.3) is 5.91 Å². The van der Waals surface area contributed by atoms with E-state index in [1.54, 1.807) is 0 Å². The van der Waals surface area contributed by atoms with Crippen molar-refractivity contribution in [2.24, 2.45) is 5.73 Å². The first-order valence-corrected chi connectivity index (χ1v) is 6.31. The average Bonchev–Trinajstić information content (AvgIpc) is 2.92. The van der Waals surface area contributed by atoms with Gasteiger partial charge in [0.1, 0.15) is 0 Å². The number of nitrogens with one attached hydrogen (secondary N) is 1. The highest BCUT2D eigenvalue weighted by molar-refractivity contribution is 5.99. The standard InChI is InChI=1S/C13H17N3O4/c14-11(18)7-16(8-4-5-15-6-8)13(20)9-2-1-3-10(17)12(9)19/h1-3,8,15,17,19H,4-7H2,(H2,14,18). The Bertz CT molecular complexity index is 526. The van der Waals surface area contributed by atoms with Crippen molar-refractivity contribution in [1.29, 1.82) is 0 Å². The van der Waals surface area contributed by atoms with Crippen LogP contribution in [0.4, 0.5) is 0 Å². The molecule has 1 heterocycles. The lowest BCUT2D eigenvalue weighted by Crippen LogP contribution is -2.46. The summed E-state index contributed by atoms with van der Waals surface area (Å²) in [6.07, 6.45) is 0.707. The van der Waals surface area contributed by atoms with E-state index >= 15 is 0 Å². The number of carbonyl (C=O) groups is 2. The van der Waals surface area contributed by atoms with Gasteiger partial charge in [0.05, 0.1) is 12.1 Å². The second kappa shape index (κ2) is 5.79. The molecule has 1 unspecified atom stereocenters. The molecule has 5 N–H and O–H groups in total. The molecule has 2 rings (SSSR count). The largest absolute Gasteiger partial charge is 0.504 e. The minimum Gasteiger partial charge on any atom is -0.504 e. The van der Waals surface area contributed by atoms with E-state index in [-0.39, 0.29) is 23.9 Å². The van der Waals surface area contributed by atoms with Gasteiger partial charge in [-0.1, -0.05) is 6.07 Å². The Morgan fingerprint density at radius 3 is 2.75 bits per heavy atom. The molecule has 108 valence electrons. The van der Waals surface area contributed by atoms with Crippen LogP contribution in [0.5, 0.6) is 11.5 Å². The van der Waals surface area contributed by atoms with Crippen molar-refractivity contribution in [3.63, 3.8) is 0 Å². The molecule has 0 spiro atoms. The number of carbonyl (C=O) groups excluding carboxylic acids is 2. The number of nitrogens with two attached hydrogens (primary N) is 1. The molecule has 1 aromatic carbocycles. The molecule has 1 aliphatic rings. The lowest BCUT2D eigenvalue weighted by atomic mass is 10.1. The first kappa shape index (κ1) is 14.1. The van der Waals surface area contributed by atoms with E-state index in [0.717, 1.165) is 6.54 Å². The second-order valence-corrected chi connectivity index (χ2v) is 4.72. The van der Waals surface area contributed by atoms with Gasteiger partial charge in [-0.3, -0.25) is 9.59 Å². The van der Waals surface area contributed by atoms with Crippen LogP contribution < -0.4 is 11.1 Å². The third-order valence-corrected chi connectivity index (χ3v) is 3.31. The summed E-state index contributed by atoms with van der Waals surface area (Å²) in [6.45, 7) is 1.10. The minimum atomic E-state index is -0.620. The van der Waals surface area contributed by atoms with Gasteiger partial charge in [0.15, 0.2) is 11.5 Å². The van der Waals surface area contributed by atoms with Crippen LogP contribution in [0.15, 0.2) is 18.2 Å². The smallest absolute Gasteiger partial charge is 0.258 e. The Labute approximate surface area is 116 Å². The number of aromatic hydroxyl groups is 2. The normalized spacial score (nSPS) is 17.9. The molecule has 1 atom stereocenters. The molecule has 0 saturated carbocycles. The van der Waals surface area contributed by atoms with Crippen LogP contribution in [0, 0.1) is 0 Å².